The largest absolute Gasteiger partial charge is 0.350 e. The zero-order chi connectivity index (χ0) is 18.9. The number of guanidine groups is 1. The Hall–Kier alpha value is -2.63. The molecule has 5 aliphatic rings. The molecular weight excluding hydrogens is 350 g/mol. The van der Waals surface area contributed by atoms with Gasteiger partial charge in [0.15, 0.2) is 0 Å². The Balaban J connectivity index is 1.29. The van der Waals surface area contributed by atoms with Crippen molar-refractivity contribution in [1.29, 1.82) is 0 Å². The van der Waals surface area contributed by atoms with Gasteiger partial charge in [-0.3, -0.25) is 14.8 Å². The molecule has 2 heterocycles. The van der Waals surface area contributed by atoms with Gasteiger partial charge < -0.3 is 5.32 Å². The fourth-order valence-corrected chi connectivity index (χ4v) is 6.42. The quantitative estimate of drug-likeness (QED) is 0.791. The zero-order valence-electron chi connectivity index (χ0n) is 16.1. The molecule has 7 rings (SSSR count). The molecule has 0 unspecified atom stereocenters. The number of likely N-dealkylation sites (N-methyl/N-ethyl adjacent to an activating group) is 1. The van der Waals surface area contributed by atoms with E-state index < -0.39 is 0 Å². The van der Waals surface area contributed by atoms with E-state index >= 15 is 0 Å². The van der Waals surface area contributed by atoms with Gasteiger partial charge in [-0.25, -0.2) is 4.99 Å². The van der Waals surface area contributed by atoms with Crippen LogP contribution in [-0.2, 0) is 4.79 Å². The number of H-pyrrole nitrogens is 1. The molecular formula is C22H25N5O. The smallest absolute Gasteiger partial charge is 0.279 e. The molecule has 6 nitrogen and oxygen atoms in total. The van der Waals surface area contributed by atoms with E-state index in [1.807, 2.05) is 31.3 Å². The monoisotopic (exact) mass is 375 g/mol. The Labute approximate surface area is 164 Å². The summed E-state index contributed by atoms with van der Waals surface area (Å²) in [6.07, 6.45) is 11.6. The number of rotatable bonds is 2. The lowest BCUT2D eigenvalue weighted by Crippen LogP contribution is -2.61. The van der Waals surface area contributed by atoms with Crippen LogP contribution >= 0.6 is 0 Å². The van der Waals surface area contributed by atoms with Gasteiger partial charge in [-0.15, -0.1) is 0 Å². The average Bonchev–Trinajstić information content (AvgIpc) is 3.21. The first-order valence-corrected chi connectivity index (χ1v) is 10.4. The van der Waals surface area contributed by atoms with Crippen molar-refractivity contribution in [2.45, 2.75) is 44.1 Å². The summed E-state index contributed by atoms with van der Waals surface area (Å²) < 4.78 is 0. The van der Waals surface area contributed by atoms with Gasteiger partial charge in [-0.2, -0.15) is 5.10 Å². The molecule has 4 aliphatic carbocycles. The molecule has 144 valence electrons. The minimum Gasteiger partial charge on any atom is -0.350 e. The number of fused-ring (bicyclic) bond motifs is 1. The molecule has 0 spiro atoms. The number of nitrogens with zero attached hydrogens (tertiary/aromatic N) is 3. The van der Waals surface area contributed by atoms with Gasteiger partial charge in [0, 0.05) is 18.0 Å². The fraction of sp³-hybridized carbons (Fsp3) is 0.500. The minimum atomic E-state index is -0.0421. The molecule has 1 aromatic heterocycles. The molecule has 4 saturated carbocycles. The maximum atomic E-state index is 12.8. The van der Waals surface area contributed by atoms with Crippen molar-refractivity contribution in [2.75, 3.05) is 7.05 Å². The van der Waals surface area contributed by atoms with Gasteiger partial charge in [-0.05, 0) is 80.1 Å². The second kappa shape index (κ2) is 5.69. The van der Waals surface area contributed by atoms with E-state index in [1.165, 1.54) is 38.5 Å². The number of aliphatic imine (C=N–C) groups is 1. The summed E-state index contributed by atoms with van der Waals surface area (Å²) in [5, 5.41) is 11.8. The predicted octanol–water partition coefficient (Wildman–Crippen LogP) is 3.29. The maximum Gasteiger partial charge on any atom is 0.279 e. The van der Waals surface area contributed by atoms with Crippen LogP contribution in [0.1, 0.15) is 44.1 Å². The summed E-state index contributed by atoms with van der Waals surface area (Å²) in [5.74, 6) is 3.26. The van der Waals surface area contributed by atoms with Crippen molar-refractivity contribution in [3.05, 3.63) is 35.7 Å². The maximum absolute atomic E-state index is 12.8. The molecule has 4 fully saturated rings. The number of hydrogen-bond donors (Lipinski definition) is 2. The summed E-state index contributed by atoms with van der Waals surface area (Å²) in [6.45, 7) is 0. The van der Waals surface area contributed by atoms with E-state index in [-0.39, 0.29) is 11.4 Å². The van der Waals surface area contributed by atoms with E-state index in [4.69, 9.17) is 4.99 Å². The third kappa shape index (κ3) is 2.50. The molecule has 0 radical (unpaired) electrons. The number of carbonyl (C=O) groups is 1. The number of hydrogen-bond acceptors (Lipinski definition) is 4. The number of benzene rings is 1. The SMILES string of the molecule is CN1C(=O)/C(=C/c2ccc3[nH]ncc3c2)N=C1NC12CC3CC(CC(C3)C1)C2. The lowest BCUT2D eigenvalue weighted by Gasteiger charge is -2.57. The van der Waals surface area contributed by atoms with E-state index in [9.17, 15) is 4.79 Å². The van der Waals surface area contributed by atoms with Gasteiger partial charge >= 0.3 is 0 Å². The first-order valence-electron chi connectivity index (χ1n) is 10.4. The van der Waals surface area contributed by atoms with Crippen molar-refractivity contribution < 1.29 is 4.79 Å². The number of carbonyl (C=O) groups excluding carboxylic acids is 1. The Bertz CT molecular complexity index is 997. The van der Waals surface area contributed by atoms with E-state index in [0.29, 0.717) is 5.70 Å². The van der Waals surface area contributed by atoms with Gasteiger partial charge in [-0.1, -0.05) is 6.07 Å². The summed E-state index contributed by atoms with van der Waals surface area (Å²) in [4.78, 5) is 19.2. The highest BCUT2D eigenvalue weighted by molar-refractivity contribution is 6.13. The van der Waals surface area contributed by atoms with Crippen molar-refractivity contribution in [3.63, 3.8) is 0 Å². The molecule has 4 bridgehead atoms. The third-order valence-electron chi connectivity index (χ3n) is 7.25. The summed E-state index contributed by atoms with van der Waals surface area (Å²) in [5.41, 5.74) is 2.60. The molecule has 0 atom stereocenters. The van der Waals surface area contributed by atoms with Crippen LogP contribution in [0.2, 0.25) is 0 Å². The molecule has 1 aliphatic heterocycles. The molecule has 0 saturated heterocycles. The van der Waals surface area contributed by atoms with Crippen LogP contribution < -0.4 is 5.32 Å². The second-order valence-corrected chi connectivity index (χ2v) is 9.37. The third-order valence-corrected chi connectivity index (χ3v) is 7.25. The molecule has 1 amide bonds. The van der Waals surface area contributed by atoms with Gasteiger partial charge in [0.1, 0.15) is 5.70 Å². The Morgan fingerprint density at radius 2 is 1.89 bits per heavy atom. The Morgan fingerprint density at radius 3 is 2.61 bits per heavy atom. The highest BCUT2D eigenvalue weighted by Crippen LogP contribution is 2.55. The average molecular weight is 375 g/mol. The van der Waals surface area contributed by atoms with Gasteiger partial charge in [0.25, 0.3) is 5.91 Å². The van der Waals surface area contributed by atoms with E-state index in [0.717, 1.165) is 40.2 Å². The van der Waals surface area contributed by atoms with Crippen LogP contribution in [0.5, 0.6) is 0 Å². The molecule has 2 aromatic rings. The highest BCUT2D eigenvalue weighted by atomic mass is 16.2. The highest BCUT2D eigenvalue weighted by Gasteiger charge is 2.52. The first kappa shape index (κ1) is 16.3. The lowest BCUT2D eigenvalue weighted by molar-refractivity contribution is -0.121. The minimum absolute atomic E-state index is 0.0421. The first-order chi connectivity index (χ1) is 13.6. The molecule has 6 heteroatoms. The fourth-order valence-electron chi connectivity index (χ4n) is 6.42. The van der Waals surface area contributed by atoms with Crippen LogP contribution in [0.15, 0.2) is 35.1 Å². The number of amides is 1. The van der Waals surface area contributed by atoms with Crippen LogP contribution in [0.25, 0.3) is 17.0 Å². The van der Waals surface area contributed by atoms with Crippen molar-refractivity contribution in [2.24, 2.45) is 22.7 Å². The summed E-state index contributed by atoms with van der Waals surface area (Å²) >= 11 is 0. The number of aromatic amines is 1. The normalized spacial score (nSPS) is 35.2. The van der Waals surface area contributed by atoms with Gasteiger partial charge in [0.05, 0.1) is 11.7 Å². The van der Waals surface area contributed by atoms with E-state index in [2.05, 4.69) is 15.5 Å². The van der Waals surface area contributed by atoms with Crippen LogP contribution in [0.4, 0.5) is 0 Å². The Morgan fingerprint density at radius 1 is 1.18 bits per heavy atom. The standard InChI is InChI=1S/C22H25N5O/c1-27-20(28)19(8-13-2-3-18-17(7-13)12-23-26-18)24-21(27)25-22-9-14-4-15(10-22)6-16(5-14)11-22/h2-3,7-8,12,14-16H,4-6,9-11H2,1H3,(H,23,26)(H,24,25)/b19-8-. The van der Waals surface area contributed by atoms with Crippen molar-refractivity contribution in [1.82, 2.24) is 20.4 Å². The summed E-state index contributed by atoms with van der Waals surface area (Å²) in [6, 6.07) is 6.00. The van der Waals surface area contributed by atoms with Crippen LogP contribution in [0, 0.1) is 17.8 Å². The van der Waals surface area contributed by atoms with E-state index in [1.54, 1.807) is 11.1 Å². The molecule has 2 N–H and O–H groups in total. The topological polar surface area (TPSA) is 73.4 Å². The molecule has 1 aromatic carbocycles. The summed E-state index contributed by atoms with van der Waals surface area (Å²) in [7, 11) is 1.83. The molecule has 28 heavy (non-hydrogen) atoms. The van der Waals surface area contributed by atoms with Gasteiger partial charge in [0.2, 0.25) is 5.96 Å². The number of aromatic nitrogens is 2. The predicted molar refractivity (Wildman–Crippen MR) is 108 cm³/mol. The second-order valence-electron chi connectivity index (χ2n) is 9.37. The zero-order valence-corrected chi connectivity index (χ0v) is 16.1. The van der Waals surface area contributed by atoms with Crippen LogP contribution in [0.3, 0.4) is 0 Å². The Kier molecular flexibility index (Phi) is 3.32. The van der Waals surface area contributed by atoms with Crippen LogP contribution in [-0.4, -0.2) is 39.6 Å². The lowest BCUT2D eigenvalue weighted by atomic mass is 9.53. The number of nitrogens with one attached hydrogen (secondary N) is 2. The van der Waals surface area contributed by atoms with Crippen molar-refractivity contribution in [3.8, 4) is 0 Å². The van der Waals surface area contributed by atoms with Crippen molar-refractivity contribution >= 4 is 28.8 Å².